The highest BCUT2D eigenvalue weighted by molar-refractivity contribution is 7.09. The number of guanidine groups is 1. The third-order valence-electron chi connectivity index (χ3n) is 4.50. The lowest BCUT2D eigenvalue weighted by atomic mass is 10.0. The van der Waals surface area contributed by atoms with Gasteiger partial charge in [0, 0.05) is 38.3 Å². The molecule has 3 heterocycles. The molecule has 3 rings (SSSR count). The first kappa shape index (κ1) is 17.9. The highest BCUT2D eigenvalue weighted by atomic mass is 32.1. The summed E-state index contributed by atoms with van der Waals surface area (Å²) in [6, 6.07) is 0. The molecular weight excluding hydrogens is 332 g/mol. The second-order valence-electron chi connectivity index (χ2n) is 6.58. The van der Waals surface area contributed by atoms with Crippen molar-refractivity contribution in [2.45, 2.75) is 39.7 Å². The minimum absolute atomic E-state index is 0.655. The van der Waals surface area contributed by atoms with Gasteiger partial charge in [0.15, 0.2) is 5.96 Å². The molecule has 0 spiro atoms. The minimum atomic E-state index is 0.655. The molecule has 6 nitrogen and oxygen atoms in total. The van der Waals surface area contributed by atoms with Crippen molar-refractivity contribution < 1.29 is 0 Å². The Labute approximate surface area is 154 Å². The minimum Gasteiger partial charge on any atom is -0.357 e. The average molecular weight is 361 g/mol. The van der Waals surface area contributed by atoms with Gasteiger partial charge in [0.05, 0.1) is 23.4 Å². The van der Waals surface area contributed by atoms with Gasteiger partial charge in [0.25, 0.3) is 0 Å². The Bertz CT molecular complexity index is 704. The van der Waals surface area contributed by atoms with Crippen LogP contribution < -0.4 is 5.32 Å². The molecule has 2 aromatic rings. The van der Waals surface area contributed by atoms with Crippen molar-refractivity contribution in [3.63, 3.8) is 0 Å². The Hall–Kier alpha value is -1.89. The summed E-state index contributed by atoms with van der Waals surface area (Å²) in [6.07, 6.45) is 7.40. The van der Waals surface area contributed by atoms with Gasteiger partial charge in [0.2, 0.25) is 0 Å². The van der Waals surface area contributed by atoms with Crippen molar-refractivity contribution in [2.75, 3.05) is 19.6 Å². The Morgan fingerprint density at radius 1 is 1.44 bits per heavy atom. The number of likely N-dealkylation sites (tertiary alicyclic amines) is 1. The summed E-state index contributed by atoms with van der Waals surface area (Å²) in [5, 5.41) is 11.0. The fourth-order valence-electron chi connectivity index (χ4n) is 3.27. The van der Waals surface area contributed by atoms with E-state index in [9.17, 15) is 0 Å². The van der Waals surface area contributed by atoms with Gasteiger partial charge in [-0.15, -0.1) is 11.3 Å². The van der Waals surface area contributed by atoms with Crippen LogP contribution in [0.4, 0.5) is 0 Å². The molecule has 0 amide bonds. The fraction of sp³-hybridized carbons (Fsp3) is 0.611. The molecule has 1 saturated heterocycles. The van der Waals surface area contributed by atoms with E-state index < -0.39 is 0 Å². The molecule has 1 atom stereocenters. The Morgan fingerprint density at radius 2 is 2.32 bits per heavy atom. The van der Waals surface area contributed by atoms with Crippen LogP contribution in [0.5, 0.6) is 0 Å². The van der Waals surface area contributed by atoms with E-state index in [0.717, 1.165) is 44.1 Å². The van der Waals surface area contributed by atoms with Gasteiger partial charge in [-0.2, -0.15) is 5.10 Å². The van der Waals surface area contributed by atoms with Gasteiger partial charge < -0.3 is 10.2 Å². The summed E-state index contributed by atoms with van der Waals surface area (Å²) in [5.41, 5.74) is 2.40. The standard InChI is InChI=1S/C18H28N6S/c1-4-17-22-16(13-25-17)10-20-18(19-5-2)24-7-6-14(12-24)8-15-9-21-23(3)11-15/h9,11,13-14H,4-8,10,12H2,1-3H3,(H,19,20). The number of aliphatic imine (C=N–C) groups is 1. The largest absolute Gasteiger partial charge is 0.357 e. The van der Waals surface area contributed by atoms with Gasteiger partial charge in [-0.1, -0.05) is 6.92 Å². The summed E-state index contributed by atoms with van der Waals surface area (Å²) in [7, 11) is 1.98. The zero-order valence-corrected chi connectivity index (χ0v) is 16.2. The monoisotopic (exact) mass is 360 g/mol. The Kier molecular flexibility index (Phi) is 6.07. The maximum absolute atomic E-state index is 4.82. The molecular formula is C18H28N6S. The maximum Gasteiger partial charge on any atom is 0.194 e. The molecule has 1 aliphatic rings. The first-order valence-corrected chi connectivity index (χ1v) is 10.00. The smallest absolute Gasteiger partial charge is 0.194 e. The van der Waals surface area contributed by atoms with E-state index in [1.807, 2.05) is 17.9 Å². The fourth-order valence-corrected chi connectivity index (χ4v) is 4.00. The zero-order chi connectivity index (χ0) is 17.6. The van der Waals surface area contributed by atoms with Crippen molar-refractivity contribution in [1.29, 1.82) is 0 Å². The number of nitrogens with one attached hydrogen (secondary N) is 1. The summed E-state index contributed by atoms with van der Waals surface area (Å²) >= 11 is 1.73. The predicted octanol–water partition coefficient (Wildman–Crippen LogP) is 2.47. The molecule has 1 aliphatic heterocycles. The van der Waals surface area contributed by atoms with Gasteiger partial charge in [-0.05, 0) is 37.7 Å². The highest BCUT2D eigenvalue weighted by Crippen LogP contribution is 2.21. The SMILES string of the molecule is CCNC(=NCc1csc(CC)n1)N1CCC(Cc2cnn(C)c2)C1. The molecule has 2 aromatic heterocycles. The second kappa shape index (κ2) is 8.47. The first-order valence-electron chi connectivity index (χ1n) is 9.12. The average Bonchev–Trinajstić information content (AvgIpc) is 3.33. The highest BCUT2D eigenvalue weighted by Gasteiger charge is 2.25. The first-order chi connectivity index (χ1) is 12.2. The number of thiazole rings is 1. The summed E-state index contributed by atoms with van der Waals surface area (Å²) in [4.78, 5) is 11.8. The molecule has 136 valence electrons. The van der Waals surface area contributed by atoms with Crippen LogP contribution in [0.3, 0.4) is 0 Å². The van der Waals surface area contributed by atoms with Crippen molar-refractivity contribution in [2.24, 2.45) is 18.0 Å². The van der Waals surface area contributed by atoms with Crippen LogP contribution in [0.1, 0.15) is 36.5 Å². The van der Waals surface area contributed by atoms with E-state index in [0.29, 0.717) is 12.5 Å². The Balaban J connectivity index is 1.59. The van der Waals surface area contributed by atoms with Gasteiger partial charge in [-0.25, -0.2) is 9.98 Å². The van der Waals surface area contributed by atoms with E-state index >= 15 is 0 Å². The van der Waals surface area contributed by atoms with Gasteiger partial charge in [0.1, 0.15) is 0 Å². The number of hydrogen-bond donors (Lipinski definition) is 1. The molecule has 0 saturated carbocycles. The number of hydrogen-bond acceptors (Lipinski definition) is 4. The van der Waals surface area contributed by atoms with Crippen LogP contribution >= 0.6 is 11.3 Å². The van der Waals surface area contributed by atoms with Crippen LogP contribution in [0.15, 0.2) is 22.8 Å². The summed E-state index contributed by atoms with van der Waals surface area (Å²) < 4.78 is 1.88. The third-order valence-corrected chi connectivity index (χ3v) is 5.54. The van der Waals surface area contributed by atoms with Crippen LogP contribution in [0.2, 0.25) is 0 Å². The number of nitrogens with zero attached hydrogens (tertiary/aromatic N) is 5. The Morgan fingerprint density at radius 3 is 3.00 bits per heavy atom. The molecule has 0 aliphatic carbocycles. The third kappa shape index (κ3) is 4.81. The lowest BCUT2D eigenvalue weighted by Gasteiger charge is -2.21. The molecule has 25 heavy (non-hydrogen) atoms. The van der Waals surface area contributed by atoms with E-state index in [1.165, 1.54) is 17.0 Å². The lowest BCUT2D eigenvalue weighted by Crippen LogP contribution is -2.40. The van der Waals surface area contributed by atoms with Crippen molar-refractivity contribution in [3.05, 3.63) is 34.0 Å². The molecule has 1 N–H and O–H groups in total. The summed E-state index contributed by atoms with van der Waals surface area (Å²) in [5.74, 6) is 1.68. The van der Waals surface area contributed by atoms with Crippen LogP contribution in [-0.4, -0.2) is 45.3 Å². The molecule has 0 bridgehead atoms. The maximum atomic E-state index is 4.82. The van der Waals surface area contributed by atoms with Gasteiger partial charge >= 0.3 is 0 Å². The summed E-state index contributed by atoms with van der Waals surface area (Å²) in [6.45, 7) is 7.92. The van der Waals surface area contributed by atoms with E-state index in [-0.39, 0.29) is 0 Å². The van der Waals surface area contributed by atoms with Crippen molar-refractivity contribution >= 4 is 17.3 Å². The van der Waals surface area contributed by atoms with E-state index in [2.05, 4.69) is 45.7 Å². The van der Waals surface area contributed by atoms with Crippen molar-refractivity contribution in [3.8, 4) is 0 Å². The van der Waals surface area contributed by atoms with E-state index in [1.54, 1.807) is 11.3 Å². The number of rotatable bonds is 6. The molecule has 1 unspecified atom stereocenters. The molecule has 1 fully saturated rings. The molecule has 0 aromatic carbocycles. The molecule has 0 radical (unpaired) electrons. The number of aryl methyl sites for hydroxylation is 2. The lowest BCUT2D eigenvalue weighted by molar-refractivity contribution is 0.459. The topological polar surface area (TPSA) is 58.3 Å². The second-order valence-corrected chi connectivity index (χ2v) is 7.53. The van der Waals surface area contributed by atoms with E-state index in [4.69, 9.17) is 4.99 Å². The molecule has 7 heteroatoms. The normalized spacial score (nSPS) is 18.1. The predicted molar refractivity (Wildman–Crippen MR) is 103 cm³/mol. The van der Waals surface area contributed by atoms with Gasteiger partial charge in [-0.3, -0.25) is 4.68 Å². The van der Waals surface area contributed by atoms with Crippen LogP contribution in [0, 0.1) is 5.92 Å². The van der Waals surface area contributed by atoms with Crippen LogP contribution in [0.25, 0.3) is 0 Å². The number of aromatic nitrogens is 3. The van der Waals surface area contributed by atoms with Crippen LogP contribution in [-0.2, 0) is 26.4 Å². The zero-order valence-electron chi connectivity index (χ0n) is 15.4. The quantitative estimate of drug-likeness (QED) is 0.635. The van der Waals surface area contributed by atoms with Crippen molar-refractivity contribution in [1.82, 2.24) is 25.0 Å².